The van der Waals surface area contributed by atoms with Crippen LogP contribution in [0.15, 0.2) is 23.1 Å². The first kappa shape index (κ1) is 15.1. The van der Waals surface area contributed by atoms with Gasteiger partial charge in [0.2, 0.25) is 0 Å². The van der Waals surface area contributed by atoms with Crippen molar-refractivity contribution in [3.05, 3.63) is 23.8 Å². The minimum absolute atomic E-state index is 0.00140. The first-order valence-corrected chi connectivity index (χ1v) is 8.63. The van der Waals surface area contributed by atoms with Gasteiger partial charge in [-0.2, -0.15) is 0 Å². The van der Waals surface area contributed by atoms with Crippen LogP contribution in [0.5, 0.6) is 5.75 Å². The van der Waals surface area contributed by atoms with Gasteiger partial charge in [0.15, 0.2) is 6.10 Å². The summed E-state index contributed by atoms with van der Waals surface area (Å²) in [5, 5.41) is 0. The highest BCUT2D eigenvalue weighted by molar-refractivity contribution is 8.13. The van der Waals surface area contributed by atoms with Crippen LogP contribution in [-0.4, -0.2) is 27.1 Å². The van der Waals surface area contributed by atoms with Crippen LogP contribution in [0.3, 0.4) is 0 Å². The van der Waals surface area contributed by atoms with E-state index in [2.05, 4.69) is 0 Å². The third-order valence-electron chi connectivity index (χ3n) is 2.99. The first-order chi connectivity index (χ1) is 9.41. The molecule has 0 spiro atoms. The van der Waals surface area contributed by atoms with E-state index in [1.807, 2.05) is 6.92 Å². The molecule has 1 aliphatic heterocycles. The molecule has 0 saturated heterocycles. The van der Waals surface area contributed by atoms with Gasteiger partial charge in [0, 0.05) is 17.1 Å². The van der Waals surface area contributed by atoms with Crippen molar-refractivity contribution in [1.82, 2.24) is 0 Å². The minimum atomic E-state index is -3.78. The molecule has 7 heteroatoms. The number of carbonyl (C=O) groups excluding carboxylic acids is 1. The second kappa shape index (κ2) is 6.01. The normalized spacial score (nSPS) is 17.4. The average molecular weight is 319 g/mol. The zero-order valence-corrected chi connectivity index (χ0v) is 12.5. The third kappa shape index (κ3) is 3.43. The van der Waals surface area contributed by atoms with Crippen LogP contribution in [0.2, 0.25) is 0 Å². The zero-order valence-electron chi connectivity index (χ0n) is 11.0. The molecule has 1 unspecified atom stereocenters. The van der Waals surface area contributed by atoms with Gasteiger partial charge in [-0.25, -0.2) is 13.2 Å². The Morgan fingerprint density at radius 1 is 1.50 bits per heavy atom. The Hall–Kier alpha value is -1.27. The highest BCUT2D eigenvalue weighted by Gasteiger charge is 2.31. The molecule has 2 rings (SSSR count). The number of halogens is 1. The number of esters is 1. The molecule has 0 radical (unpaired) electrons. The lowest BCUT2D eigenvalue weighted by atomic mass is 10.1. The quantitative estimate of drug-likeness (QED) is 0.473. The van der Waals surface area contributed by atoms with Gasteiger partial charge in [0.1, 0.15) is 5.75 Å². The van der Waals surface area contributed by atoms with Gasteiger partial charge in [-0.05, 0) is 30.2 Å². The second-order valence-electron chi connectivity index (χ2n) is 4.54. The Labute approximate surface area is 122 Å². The van der Waals surface area contributed by atoms with Crippen LogP contribution in [0, 0.1) is 0 Å². The van der Waals surface area contributed by atoms with Gasteiger partial charge < -0.3 is 9.47 Å². The Balaban J connectivity index is 2.06. The number of carbonyl (C=O) groups is 1. The van der Waals surface area contributed by atoms with Crippen molar-refractivity contribution in [2.45, 2.75) is 37.2 Å². The van der Waals surface area contributed by atoms with Crippen LogP contribution in [-0.2, 0) is 25.0 Å². The number of hydrogen-bond acceptors (Lipinski definition) is 5. The summed E-state index contributed by atoms with van der Waals surface area (Å²) in [4.78, 5) is 11.8. The summed E-state index contributed by atoms with van der Waals surface area (Å²) >= 11 is 0. The number of ether oxygens (including phenoxy) is 2. The maximum absolute atomic E-state index is 11.8. The number of hydrogen-bond donors (Lipinski definition) is 0. The van der Waals surface area contributed by atoms with E-state index >= 15 is 0 Å². The smallest absolute Gasteiger partial charge is 0.347 e. The van der Waals surface area contributed by atoms with Gasteiger partial charge in [-0.1, -0.05) is 13.3 Å². The molecule has 0 amide bonds. The van der Waals surface area contributed by atoms with Crippen molar-refractivity contribution in [1.29, 1.82) is 0 Å². The van der Waals surface area contributed by atoms with Crippen molar-refractivity contribution in [3.8, 4) is 5.75 Å². The van der Waals surface area contributed by atoms with Crippen molar-refractivity contribution < 1.29 is 22.7 Å². The molecular weight excluding hydrogens is 304 g/mol. The largest absolute Gasteiger partial charge is 0.478 e. The molecule has 0 N–H and O–H groups in total. The third-order valence-corrected chi connectivity index (χ3v) is 4.34. The summed E-state index contributed by atoms with van der Waals surface area (Å²) in [5.41, 5.74) is 0.643. The van der Waals surface area contributed by atoms with Gasteiger partial charge in [0.05, 0.1) is 11.5 Å². The van der Waals surface area contributed by atoms with Gasteiger partial charge in [0.25, 0.3) is 9.05 Å². The average Bonchev–Trinajstić information content (AvgIpc) is 2.80. The van der Waals surface area contributed by atoms with Crippen molar-refractivity contribution in [2.75, 3.05) is 6.61 Å². The predicted octanol–water partition coefficient (Wildman–Crippen LogP) is 2.26. The van der Waals surface area contributed by atoms with E-state index in [-0.39, 0.29) is 4.90 Å². The monoisotopic (exact) mass is 318 g/mol. The Morgan fingerprint density at radius 2 is 2.25 bits per heavy atom. The van der Waals surface area contributed by atoms with Crippen molar-refractivity contribution in [2.24, 2.45) is 0 Å². The van der Waals surface area contributed by atoms with Gasteiger partial charge in [-0.3, -0.25) is 0 Å². The SMILES string of the molecule is CCCCOC(=O)C1Cc2cc(S(=O)(=O)Cl)ccc2O1. The maximum Gasteiger partial charge on any atom is 0.347 e. The predicted molar refractivity (Wildman–Crippen MR) is 73.5 cm³/mol. The maximum atomic E-state index is 11.8. The summed E-state index contributed by atoms with van der Waals surface area (Å²) in [6.07, 6.45) is 1.33. The van der Waals surface area contributed by atoms with E-state index in [0.717, 1.165) is 12.8 Å². The fraction of sp³-hybridized carbons (Fsp3) is 0.462. The molecule has 110 valence electrons. The van der Waals surface area contributed by atoms with E-state index in [0.29, 0.717) is 24.3 Å². The highest BCUT2D eigenvalue weighted by atomic mass is 35.7. The summed E-state index contributed by atoms with van der Waals surface area (Å²) in [5.74, 6) is 0.0661. The van der Waals surface area contributed by atoms with Gasteiger partial charge in [-0.15, -0.1) is 0 Å². The van der Waals surface area contributed by atoms with Gasteiger partial charge >= 0.3 is 5.97 Å². The summed E-state index contributed by atoms with van der Waals surface area (Å²) in [7, 11) is 1.50. The van der Waals surface area contributed by atoms with E-state index in [1.165, 1.54) is 18.2 Å². The van der Waals surface area contributed by atoms with Crippen molar-refractivity contribution >= 4 is 25.7 Å². The van der Waals surface area contributed by atoms with Crippen LogP contribution >= 0.6 is 10.7 Å². The molecule has 0 saturated carbocycles. The summed E-state index contributed by atoms with van der Waals surface area (Å²) in [6, 6.07) is 4.28. The van der Waals surface area contributed by atoms with Crippen molar-refractivity contribution in [3.63, 3.8) is 0 Å². The summed E-state index contributed by atoms with van der Waals surface area (Å²) < 4.78 is 33.1. The number of unbranched alkanes of at least 4 members (excludes halogenated alkanes) is 1. The fourth-order valence-corrected chi connectivity index (χ4v) is 2.72. The molecule has 0 aromatic heterocycles. The molecule has 1 heterocycles. The van der Waals surface area contributed by atoms with E-state index < -0.39 is 21.1 Å². The number of benzene rings is 1. The zero-order chi connectivity index (χ0) is 14.8. The highest BCUT2D eigenvalue weighted by Crippen LogP contribution is 2.32. The van der Waals surface area contributed by atoms with Crippen LogP contribution in [0.25, 0.3) is 0 Å². The topological polar surface area (TPSA) is 69.7 Å². The Kier molecular flexibility index (Phi) is 4.55. The fourth-order valence-electron chi connectivity index (χ4n) is 1.92. The molecule has 0 bridgehead atoms. The molecule has 1 aromatic rings. The Morgan fingerprint density at radius 3 is 2.90 bits per heavy atom. The second-order valence-corrected chi connectivity index (χ2v) is 7.10. The van der Waals surface area contributed by atoms with E-state index in [1.54, 1.807) is 0 Å². The standard InChI is InChI=1S/C13H15ClO5S/c1-2-3-6-18-13(15)12-8-9-7-10(20(14,16)17)4-5-11(9)19-12/h4-5,7,12H,2-3,6,8H2,1H3. The number of fused-ring (bicyclic) bond motifs is 1. The van der Waals surface area contributed by atoms with Crippen LogP contribution < -0.4 is 4.74 Å². The van der Waals surface area contributed by atoms with E-state index in [4.69, 9.17) is 20.2 Å². The molecule has 0 aliphatic carbocycles. The Bertz CT molecular complexity index is 611. The molecule has 20 heavy (non-hydrogen) atoms. The lowest BCUT2D eigenvalue weighted by molar-refractivity contribution is -0.151. The van der Waals surface area contributed by atoms with E-state index in [9.17, 15) is 13.2 Å². The summed E-state index contributed by atoms with van der Waals surface area (Å²) in [6.45, 7) is 2.37. The van der Waals surface area contributed by atoms with Crippen LogP contribution in [0.4, 0.5) is 0 Å². The molecule has 0 fully saturated rings. The molecule has 1 atom stereocenters. The first-order valence-electron chi connectivity index (χ1n) is 6.32. The molecule has 1 aliphatic rings. The minimum Gasteiger partial charge on any atom is -0.478 e. The van der Waals surface area contributed by atoms with Crippen LogP contribution in [0.1, 0.15) is 25.3 Å². The molecule has 1 aromatic carbocycles. The lowest BCUT2D eigenvalue weighted by Crippen LogP contribution is -2.27. The molecule has 5 nitrogen and oxygen atoms in total. The molecular formula is C13H15ClO5S. The number of rotatable bonds is 5. The lowest BCUT2D eigenvalue weighted by Gasteiger charge is -2.09.